The van der Waals surface area contributed by atoms with Gasteiger partial charge in [-0.3, -0.25) is 9.59 Å². The highest BCUT2D eigenvalue weighted by atomic mass is 16.5. The lowest BCUT2D eigenvalue weighted by atomic mass is 9.52. The van der Waals surface area contributed by atoms with Gasteiger partial charge in [0.1, 0.15) is 17.2 Å². The molecule has 0 amide bonds. The van der Waals surface area contributed by atoms with Crippen LogP contribution in [-0.2, 0) is 9.59 Å². The van der Waals surface area contributed by atoms with Gasteiger partial charge < -0.3 is 19.3 Å². The summed E-state index contributed by atoms with van der Waals surface area (Å²) in [6, 6.07) is 27.7. The van der Waals surface area contributed by atoms with E-state index in [-0.39, 0.29) is 0 Å². The first-order valence-corrected chi connectivity index (χ1v) is 11.7. The predicted molar refractivity (Wildman–Crippen MR) is 136 cm³/mol. The fourth-order valence-corrected chi connectivity index (χ4v) is 5.47. The van der Waals surface area contributed by atoms with Crippen molar-refractivity contribution in [3.8, 4) is 17.2 Å². The molecule has 0 spiro atoms. The zero-order valence-corrected chi connectivity index (χ0v) is 20.0. The van der Waals surface area contributed by atoms with Gasteiger partial charge in [0.2, 0.25) is 0 Å². The molecule has 5 rings (SSSR count). The molecule has 4 aromatic rings. The van der Waals surface area contributed by atoms with Crippen LogP contribution in [0, 0.1) is 11.8 Å². The van der Waals surface area contributed by atoms with Gasteiger partial charge in [-0.25, -0.2) is 0 Å². The first kappa shape index (κ1) is 23.4. The molecular weight excluding hydrogens is 456 g/mol. The summed E-state index contributed by atoms with van der Waals surface area (Å²) in [7, 11) is 3.07. The molecule has 0 saturated heterocycles. The van der Waals surface area contributed by atoms with Crippen molar-refractivity contribution in [2.24, 2.45) is 11.8 Å². The lowest BCUT2D eigenvalue weighted by Gasteiger charge is -2.49. The number of methoxy groups -OCH3 is 2. The summed E-state index contributed by atoms with van der Waals surface area (Å²) in [6.07, 6.45) is 0. The second-order valence-corrected chi connectivity index (χ2v) is 8.82. The topological polar surface area (TPSA) is 82.1 Å². The van der Waals surface area contributed by atoms with Gasteiger partial charge >= 0.3 is 11.9 Å². The van der Waals surface area contributed by atoms with Gasteiger partial charge in [0.15, 0.2) is 0 Å². The minimum absolute atomic E-state index is 0.439. The van der Waals surface area contributed by atoms with E-state index in [2.05, 4.69) is 0 Å². The Kier molecular flexibility index (Phi) is 6.34. The summed E-state index contributed by atoms with van der Waals surface area (Å²) >= 11 is 0. The van der Waals surface area contributed by atoms with Crippen molar-refractivity contribution >= 4 is 22.7 Å². The van der Waals surface area contributed by atoms with Crippen molar-refractivity contribution in [3.63, 3.8) is 0 Å². The number of carbonyl (C=O) groups is 2. The highest BCUT2D eigenvalue weighted by Crippen LogP contribution is 2.60. The Morgan fingerprint density at radius 3 is 1.72 bits per heavy atom. The zero-order valence-electron chi connectivity index (χ0n) is 20.0. The molecule has 0 aliphatic heterocycles. The number of benzene rings is 4. The molecule has 6 heteroatoms. The summed E-state index contributed by atoms with van der Waals surface area (Å²) in [5.74, 6) is -2.89. The van der Waals surface area contributed by atoms with E-state index in [9.17, 15) is 14.7 Å². The van der Waals surface area contributed by atoms with E-state index in [4.69, 9.17) is 14.2 Å². The molecule has 6 nitrogen and oxygen atoms in total. The third-order valence-electron chi connectivity index (χ3n) is 7.06. The molecule has 182 valence electrons. The summed E-state index contributed by atoms with van der Waals surface area (Å²) in [5.41, 5.74) is 1.33. The first-order chi connectivity index (χ1) is 17.5. The van der Waals surface area contributed by atoms with Crippen LogP contribution < -0.4 is 14.2 Å². The lowest BCUT2D eigenvalue weighted by molar-refractivity contribution is -0.158. The predicted octanol–water partition coefficient (Wildman–Crippen LogP) is 5.66. The van der Waals surface area contributed by atoms with Gasteiger partial charge in [0, 0.05) is 17.2 Å². The van der Waals surface area contributed by atoms with Crippen molar-refractivity contribution in [2.45, 2.75) is 11.8 Å². The Hall–Kier alpha value is -4.32. The quantitative estimate of drug-likeness (QED) is 0.270. The minimum Gasteiger partial charge on any atom is -0.496 e. The standard InChI is InChI=1S/C30H26O6/c1-34-22-15-7-5-13-20(22)25-27(29(31)32)26(21-14-6-8-16-23(21)35-2)28(25)30(33)36-24-17-9-11-18-10-3-4-12-19(18)24/h3-17,25-28H,1-2H3,(H,31,32)/t25-,26?,27+,28-/m0/s1. The van der Waals surface area contributed by atoms with Gasteiger partial charge in [-0.1, -0.05) is 72.8 Å². The molecule has 1 N–H and O–H groups in total. The van der Waals surface area contributed by atoms with Crippen molar-refractivity contribution < 1.29 is 28.9 Å². The summed E-state index contributed by atoms with van der Waals surface area (Å²) < 4.78 is 17.1. The molecule has 4 aromatic carbocycles. The van der Waals surface area contributed by atoms with Crippen LogP contribution in [0.4, 0.5) is 0 Å². The van der Waals surface area contributed by atoms with E-state index in [1.165, 1.54) is 14.2 Å². The van der Waals surface area contributed by atoms with E-state index in [0.29, 0.717) is 28.4 Å². The number of rotatable bonds is 7. The molecule has 0 bridgehead atoms. The van der Waals surface area contributed by atoms with Crippen LogP contribution in [0.2, 0.25) is 0 Å². The molecule has 0 aromatic heterocycles. The number of carboxylic acid groups (broad SMARTS) is 1. The van der Waals surface area contributed by atoms with Crippen LogP contribution >= 0.6 is 0 Å². The number of esters is 1. The Labute approximate surface area is 209 Å². The Balaban J connectivity index is 1.62. The van der Waals surface area contributed by atoms with Crippen LogP contribution in [0.25, 0.3) is 10.8 Å². The minimum atomic E-state index is -0.990. The smallest absolute Gasteiger partial charge is 0.315 e. The number of hydrogen-bond acceptors (Lipinski definition) is 5. The number of fused-ring (bicyclic) bond motifs is 1. The van der Waals surface area contributed by atoms with E-state index < -0.39 is 35.6 Å². The maximum absolute atomic E-state index is 13.9. The van der Waals surface area contributed by atoms with Gasteiger partial charge in [-0.05, 0) is 34.7 Å². The van der Waals surface area contributed by atoms with Gasteiger partial charge in [0.05, 0.1) is 26.1 Å². The average Bonchev–Trinajstić information content (AvgIpc) is 2.88. The van der Waals surface area contributed by atoms with E-state index in [1.807, 2.05) is 72.8 Å². The zero-order chi connectivity index (χ0) is 25.2. The normalized spacial score (nSPS) is 20.8. The first-order valence-electron chi connectivity index (χ1n) is 11.7. The second-order valence-electron chi connectivity index (χ2n) is 8.82. The van der Waals surface area contributed by atoms with Crippen LogP contribution in [0.5, 0.6) is 17.2 Å². The Morgan fingerprint density at radius 2 is 1.14 bits per heavy atom. The number of hydrogen-bond donors (Lipinski definition) is 1. The molecular formula is C30H26O6. The fraction of sp³-hybridized carbons (Fsp3) is 0.200. The van der Waals surface area contributed by atoms with Crippen molar-refractivity contribution in [1.29, 1.82) is 0 Å². The largest absolute Gasteiger partial charge is 0.496 e. The molecule has 1 aliphatic rings. The molecule has 1 saturated carbocycles. The maximum Gasteiger partial charge on any atom is 0.315 e. The molecule has 36 heavy (non-hydrogen) atoms. The van der Waals surface area contributed by atoms with Crippen LogP contribution in [-0.4, -0.2) is 31.3 Å². The van der Waals surface area contributed by atoms with Crippen molar-refractivity contribution in [3.05, 3.63) is 102 Å². The summed E-state index contributed by atoms with van der Waals surface area (Å²) in [4.78, 5) is 26.5. The monoisotopic (exact) mass is 482 g/mol. The summed E-state index contributed by atoms with van der Waals surface area (Å²) in [6.45, 7) is 0. The van der Waals surface area contributed by atoms with Crippen LogP contribution in [0.3, 0.4) is 0 Å². The van der Waals surface area contributed by atoms with E-state index in [1.54, 1.807) is 18.2 Å². The summed E-state index contributed by atoms with van der Waals surface area (Å²) in [5, 5.41) is 12.1. The highest BCUT2D eigenvalue weighted by molar-refractivity contribution is 5.92. The Bertz CT molecular complexity index is 1370. The molecule has 1 aliphatic carbocycles. The highest BCUT2D eigenvalue weighted by Gasteiger charge is 2.60. The van der Waals surface area contributed by atoms with Crippen LogP contribution in [0.1, 0.15) is 23.0 Å². The van der Waals surface area contributed by atoms with Gasteiger partial charge in [-0.15, -0.1) is 0 Å². The van der Waals surface area contributed by atoms with Crippen molar-refractivity contribution in [1.82, 2.24) is 0 Å². The van der Waals surface area contributed by atoms with Gasteiger partial charge in [-0.2, -0.15) is 0 Å². The molecule has 4 atom stereocenters. The third kappa shape index (κ3) is 3.94. The molecule has 0 radical (unpaired) electrons. The van der Waals surface area contributed by atoms with E-state index in [0.717, 1.165) is 10.8 Å². The number of carboxylic acids is 1. The molecule has 0 heterocycles. The average molecular weight is 483 g/mol. The van der Waals surface area contributed by atoms with Crippen molar-refractivity contribution in [2.75, 3.05) is 14.2 Å². The fourth-order valence-electron chi connectivity index (χ4n) is 5.47. The molecule has 1 unspecified atom stereocenters. The number of carbonyl (C=O) groups excluding carboxylic acids is 1. The maximum atomic E-state index is 13.9. The SMILES string of the molecule is COc1ccccc1C1[C@@H](C(=O)Oc2cccc3ccccc23)[C@@H](c2ccccc2OC)[C@H]1C(=O)O. The molecule has 1 fully saturated rings. The lowest BCUT2D eigenvalue weighted by Crippen LogP contribution is -2.52. The Morgan fingerprint density at radius 1 is 0.639 bits per heavy atom. The van der Waals surface area contributed by atoms with Gasteiger partial charge in [0.25, 0.3) is 0 Å². The second kappa shape index (κ2) is 9.74. The van der Waals surface area contributed by atoms with Crippen LogP contribution in [0.15, 0.2) is 91.0 Å². The third-order valence-corrected chi connectivity index (χ3v) is 7.06. The van der Waals surface area contributed by atoms with E-state index >= 15 is 0 Å². The number of para-hydroxylation sites is 2. The number of ether oxygens (including phenoxy) is 3. The number of aliphatic carboxylic acids is 1.